The van der Waals surface area contributed by atoms with E-state index in [0.717, 1.165) is 32.1 Å². The predicted octanol–water partition coefficient (Wildman–Crippen LogP) is 4.57. The van der Waals surface area contributed by atoms with Crippen LogP contribution < -0.4 is 0 Å². The lowest BCUT2D eigenvalue weighted by Crippen LogP contribution is -2.47. The third-order valence-electron chi connectivity index (χ3n) is 5.82. The fourth-order valence-corrected chi connectivity index (χ4v) is 7.83. The number of sulfone groups is 1. The molecule has 0 N–H and O–H groups in total. The van der Waals surface area contributed by atoms with Crippen molar-refractivity contribution in [3.05, 3.63) is 42.2 Å². The van der Waals surface area contributed by atoms with Crippen LogP contribution in [-0.2, 0) is 14.6 Å². The van der Waals surface area contributed by atoms with Crippen molar-refractivity contribution in [1.82, 2.24) is 14.9 Å². The largest absolute Gasteiger partial charge is 0.335 e. The molecular weight excluding hydrogens is 462 g/mol. The van der Waals surface area contributed by atoms with Crippen molar-refractivity contribution in [2.45, 2.75) is 50.7 Å². The van der Waals surface area contributed by atoms with Crippen LogP contribution in [0.3, 0.4) is 0 Å². The highest BCUT2D eigenvalue weighted by molar-refractivity contribution is 8.00. The lowest BCUT2D eigenvalue weighted by atomic mass is 10.1. The summed E-state index contributed by atoms with van der Waals surface area (Å²) in [4.78, 5) is 26.3. The maximum atomic E-state index is 13.2. The molecule has 1 amide bonds. The Morgan fingerprint density at radius 3 is 2.69 bits per heavy atom. The summed E-state index contributed by atoms with van der Waals surface area (Å²) in [5.74, 6) is 1.09. The van der Waals surface area contributed by atoms with Gasteiger partial charge < -0.3 is 4.90 Å². The van der Waals surface area contributed by atoms with E-state index in [-0.39, 0.29) is 35.2 Å². The molecule has 0 aliphatic carbocycles. The average molecular weight is 490 g/mol. The third kappa shape index (κ3) is 5.00. The topological polar surface area (TPSA) is 80.2 Å². The summed E-state index contributed by atoms with van der Waals surface area (Å²) in [6.45, 7) is 5.88. The minimum absolute atomic E-state index is 0.000569. The van der Waals surface area contributed by atoms with E-state index in [4.69, 9.17) is 0 Å². The van der Waals surface area contributed by atoms with Crippen LogP contribution in [0.2, 0.25) is 0 Å². The van der Waals surface area contributed by atoms with Gasteiger partial charge in [0.1, 0.15) is 15.7 Å². The number of aryl methyl sites for hydroxylation is 1. The molecule has 32 heavy (non-hydrogen) atoms. The smallest absolute Gasteiger partial charge is 0.233 e. The molecular formula is C23H27N3O3S3. The van der Waals surface area contributed by atoms with Gasteiger partial charge in [-0.25, -0.2) is 18.4 Å². The number of aromatic nitrogens is 2. The Hall–Kier alpha value is -1.97. The van der Waals surface area contributed by atoms with Crippen LogP contribution >= 0.6 is 23.1 Å². The SMILES string of the molecule is CC[C@H](C)N(C(=O)CSc1nc(C)nc2sc(-c3ccccc3)cc12)[C@H]1CCS(=O)(=O)C1. The Labute approximate surface area is 197 Å². The van der Waals surface area contributed by atoms with Crippen molar-refractivity contribution in [3.63, 3.8) is 0 Å². The summed E-state index contributed by atoms with van der Waals surface area (Å²) in [5, 5.41) is 1.75. The van der Waals surface area contributed by atoms with Crippen LogP contribution in [0, 0.1) is 6.92 Å². The van der Waals surface area contributed by atoms with E-state index in [1.165, 1.54) is 11.8 Å². The second-order valence-corrected chi connectivity index (χ2v) is 12.4. The minimum Gasteiger partial charge on any atom is -0.335 e. The van der Waals surface area contributed by atoms with Gasteiger partial charge in [0, 0.05) is 22.3 Å². The number of fused-ring (bicyclic) bond motifs is 1. The Morgan fingerprint density at radius 1 is 1.28 bits per heavy atom. The number of amides is 1. The maximum absolute atomic E-state index is 13.2. The number of thioether (sulfide) groups is 1. The molecule has 1 saturated heterocycles. The van der Waals surface area contributed by atoms with E-state index in [1.807, 2.05) is 39.0 Å². The zero-order valence-corrected chi connectivity index (χ0v) is 20.9. The molecule has 0 saturated carbocycles. The molecule has 4 rings (SSSR count). The molecule has 3 heterocycles. The van der Waals surface area contributed by atoms with Gasteiger partial charge in [0.2, 0.25) is 5.91 Å². The van der Waals surface area contributed by atoms with Crippen molar-refractivity contribution < 1.29 is 13.2 Å². The number of carbonyl (C=O) groups excluding carboxylic acids is 1. The highest BCUT2D eigenvalue weighted by Gasteiger charge is 2.36. The standard InChI is InChI=1S/C23H27N3O3S3/c1-4-15(2)26(18-10-11-32(28,29)14-18)21(27)13-30-22-19-12-20(17-8-6-5-7-9-17)31-23(19)25-16(3)24-22/h5-9,12,15,18H,4,10-11,13-14H2,1-3H3/t15-,18-/m0/s1. The molecule has 2 atom stereocenters. The Kier molecular flexibility index (Phi) is 6.88. The zero-order valence-electron chi connectivity index (χ0n) is 18.4. The van der Waals surface area contributed by atoms with E-state index < -0.39 is 9.84 Å². The summed E-state index contributed by atoms with van der Waals surface area (Å²) >= 11 is 3.03. The molecule has 0 spiro atoms. The lowest BCUT2D eigenvalue weighted by molar-refractivity contribution is -0.132. The second kappa shape index (κ2) is 9.49. The van der Waals surface area contributed by atoms with Gasteiger partial charge in [-0.2, -0.15) is 0 Å². The van der Waals surface area contributed by atoms with Gasteiger partial charge >= 0.3 is 0 Å². The van der Waals surface area contributed by atoms with Crippen LogP contribution in [0.4, 0.5) is 0 Å². The molecule has 2 aromatic heterocycles. The predicted molar refractivity (Wildman–Crippen MR) is 132 cm³/mol. The number of carbonyl (C=O) groups is 1. The molecule has 1 fully saturated rings. The van der Waals surface area contributed by atoms with Crippen LogP contribution in [0.25, 0.3) is 20.7 Å². The van der Waals surface area contributed by atoms with Gasteiger partial charge in [-0.3, -0.25) is 4.79 Å². The fourth-order valence-electron chi connectivity index (χ4n) is 4.06. The van der Waals surface area contributed by atoms with Crippen LogP contribution in [0.5, 0.6) is 0 Å². The number of nitrogens with zero attached hydrogens (tertiary/aromatic N) is 3. The molecule has 0 bridgehead atoms. The number of hydrogen-bond donors (Lipinski definition) is 0. The van der Waals surface area contributed by atoms with E-state index in [9.17, 15) is 13.2 Å². The quantitative estimate of drug-likeness (QED) is 0.357. The summed E-state index contributed by atoms with van der Waals surface area (Å²) in [6, 6.07) is 12.0. The first kappa shape index (κ1) is 23.2. The number of thiophene rings is 1. The van der Waals surface area contributed by atoms with Crippen molar-refractivity contribution in [1.29, 1.82) is 0 Å². The molecule has 170 valence electrons. The summed E-state index contributed by atoms with van der Waals surface area (Å²) in [7, 11) is -3.06. The van der Waals surface area contributed by atoms with Crippen molar-refractivity contribution in [2.75, 3.05) is 17.3 Å². The number of benzene rings is 1. The number of rotatable bonds is 7. The van der Waals surface area contributed by atoms with Crippen LogP contribution in [0.15, 0.2) is 41.4 Å². The molecule has 1 aliphatic heterocycles. The Bertz CT molecular complexity index is 1230. The van der Waals surface area contributed by atoms with Crippen LogP contribution in [0.1, 0.15) is 32.5 Å². The normalized spacial score (nSPS) is 18.7. The molecule has 0 radical (unpaired) electrons. The molecule has 1 aromatic carbocycles. The lowest BCUT2D eigenvalue weighted by Gasteiger charge is -2.33. The van der Waals surface area contributed by atoms with Gasteiger partial charge in [0.15, 0.2) is 9.84 Å². The first-order chi connectivity index (χ1) is 15.3. The minimum atomic E-state index is -3.06. The van der Waals surface area contributed by atoms with Gasteiger partial charge in [-0.05, 0) is 38.3 Å². The van der Waals surface area contributed by atoms with E-state index in [1.54, 1.807) is 16.2 Å². The second-order valence-electron chi connectivity index (χ2n) is 8.18. The average Bonchev–Trinajstić information content (AvgIpc) is 3.35. The molecule has 3 aromatic rings. The Balaban J connectivity index is 1.57. The van der Waals surface area contributed by atoms with Crippen molar-refractivity contribution >= 4 is 49.1 Å². The third-order valence-corrected chi connectivity index (χ3v) is 9.62. The first-order valence-electron chi connectivity index (χ1n) is 10.8. The highest BCUT2D eigenvalue weighted by atomic mass is 32.2. The first-order valence-corrected chi connectivity index (χ1v) is 14.4. The van der Waals surface area contributed by atoms with Gasteiger partial charge in [-0.1, -0.05) is 49.0 Å². The highest BCUT2D eigenvalue weighted by Crippen LogP contribution is 2.37. The van der Waals surface area contributed by atoms with E-state index in [2.05, 4.69) is 28.2 Å². The summed E-state index contributed by atoms with van der Waals surface area (Å²) in [6.07, 6.45) is 1.31. The van der Waals surface area contributed by atoms with Crippen molar-refractivity contribution in [3.8, 4) is 10.4 Å². The van der Waals surface area contributed by atoms with E-state index >= 15 is 0 Å². The monoisotopic (exact) mass is 489 g/mol. The van der Waals surface area contributed by atoms with Crippen LogP contribution in [-0.4, -0.2) is 58.5 Å². The molecule has 6 nitrogen and oxygen atoms in total. The zero-order chi connectivity index (χ0) is 22.9. The summed E-state index contributed by atoms with van der Waals surface area (Å²) < 4.78 is 24.0. The molecule has 9 heteroatoms. The molecule has 1 aliphatic rings. The van der Waals surface area contributed by atoms with Gasteiger partial charge in [0.05, 0.1) is 17.3 Å². The maximum Gasteiger partial charge on any atom is 0.233 e. The van der Waals surface area contributed by atoms with Gasteiger partial charge in [0.25, 0.3) is 0 Å². The fraction of sp³-hybridized carbons (Fsp3) is 0.435. The summed E-state index contributed by atoms with van der Waals surface area (Å²) in [5.41, 5.74) is 1.13. The Morgan fingerprint density at radius 2 is 2.03 bits per heavy atom. The van der Waals surface area contributed by atoms with Gasteiger partial charge in [-0.15, -0.1) is 11.3 Å². The van der Waals surface area contributed by atoms with Crippen molar-refractivity contribution in [2.24, 2.45) is 0 Å². The van der Waals surface area contributed by atoms with E-state index in [0.29, 0.717) is 12.2 Å². The molecule has 0 unspecified atom stereocenters. The number of hydrogen-bond acceptors (Lipinski definition) is 7.